The monoisotopic (exact) mass is 394 g/mol. The van der Waals surface area contributed by atoms with Crippen molar-refractivity contribution in [3.63, 3.8) is 0 Å². The lowest BCUT2D eigenvalue weighted by molar-refractivity contribution is 0.0936. The average Bonchev–Trinajstić information content (AvgIpc) is 3.10. The van der Waals surface area contributed by atoms with E-state index in [1.807, 2.05) is 0 Å². The molecule has 146 valence electrons. The molecule has 0 saturated heterocycles. The topological polar surface area (TPSA) is 98.7 Å². The van der Waals surface area contributed by atoms with E-state index in [-0.39, 0.29) is 23.3 Å². The Morgan fingerprint density at radius 3 is 2.55 bits per heavy atom. The van der Waals surface area contributed by atoms with Crippen molar-refractivity contribution in [3.05, 3.63) is 89.6 Å². The molecule has 4 aromatic rings. The van der Waals surface area contributed by atoms with Gasteiger partial charge < -0.3 is 11.1 Å². The smallest absolute Gasteiger partial charge is 0.255 e. The summed E-state index contributed by atoms with van der Waals surface area (Å²) in [6.45, 7) is 0.0112. The molecule has 0 aliphatic carbocycles. The molecule has 2 heterocycles. The van der Waals surface area contributed by atoms with Crippen molar-refractivity contribution in [1.82, 2.24) is 25.1 Å². The molecule has 0 saturated carbocycles. The second-order valence-electron chi connectivity index (χ2n) is 6.35. The fourth-order valence-corrected chi connectivity index (χ4v) is 3.06. The van der Waals surface area contributed by atoms with Crippen molar-refractivity contribution in [3.8, 4) is 0 Å². The minimum absolute atomic E-state index is 0.0112. The highest BCUT2D eigenvalue weighted by Crippen LogP contribution is 2.25. The summed E-state index contributed by atoms with van der Waals surface area (Å²) in [5.74, 6) is -1.44. The highest BCUT2D eigenvalue weighted by Gasteiger charge is 2.21. The van der Waals surface area contributed by atoms with E-state index in [2.05, 4.69) is 20.4 Å². The molecule has 3 N–H and O–H groups in total. The average molecular weight is 394 g/mol. The molecule has 1 atom stereocenters. The first kappa shape index (κ1) is 18.6. The van der Waals surface area contributed by atoms with Crippen LogP contribution in [0.1, 0.15) is 27.8 Å². The Kier molecular flexibility index (Phi) is 4.96. The summed E-state index contributed by atoms with van der Waals surface area (Å²) in [4.78, 5) is 19.9. The van der Waals surface area contributed by atoms with Crippen LogP contribution in [0, 0.1) is 11.6 Å². The molecule has 29 heavy (non-hydrogen) atoms. The maximum Gasteiger partial charge on any atom is 0.255 e. The molecule has 2 aromatic heterocycles. The number of carbonyl (C=O) groups is 1. The fourth-order valence-electron chi connectivity index (χ4n) is 3.06. The summed E-state index contributed by atoms with van der Waals surface area (Å²) >= 11 is 0. The van der Waals surface area contributed by atoms with Crippen LogP contribution in [-0.2, 0) is 6.54 Å². The largest absolute Gasteiger partial charge is 0.331 e. The van der Waals surface area contributed by atoms with Crippen LogP contribution in [0.2, 0.25) is 0 Å². The number of rotatable bonds is 5. The van der Waals surface area contributed by atoms with E-state index in [0.717, 1.165) is 0 Å². The van der Waals surface area contributed by atoms with E-state index < -0.39 is 23.7 Å². The van der Waals surface area contributed by atoms with E-state index in [0.29, 0.717) is 10.9 Å². The molecule has 2 aromatic carbocycles. The lowest BCUT2D eigenvalue weighted by Crippen LogP contribution is -2.34. The van der Waals surface area contributed by atoms with Gasteiger partial charge in [-0.25, -0.2) is 18.7 Å². The molecule has 0 fully saturated rings. The van der Waals surface area contributed by atoms with E-state index >= 15 is 0 Å². The second kappa shape index (κ2) is 7.72. The van der Waals surface area contributed by atoms with Gasteiger partial charge in [-0.1, -0.05) is 30.3 Å². The van der Waals surface area contributed by atoms with Gasteiger partial charge in [0.25, 0.3) is 5.91 Å². The van der Waals surface area contributed by atoms with Crippen LogP contribution >= 0.6 is 0 Å². The zero-order valence-electron chi connectivity index (χ0n) is 15.1. The zero-order chi connectivity index (χ0) is 20.4. The number of hydrogen-bond donors (Lipinski definition) is 2. The Morgan fingerprint density at radius 1 is 1.07 bits per heavy atom. The second-order valence-corrected chi connectivity index (χ2v) is 6.35. The normalized spacial score (nSPS) is 12.1. The molecular formula is C20H16F2N6O. The number of fused-ring (bicyclic) bond motifs is 1. The van der Waals surface area contributed by atoms with Gasteiger partial charge in [0.2, 0.25) is 0 Å². The number of nitrogens with zero attached hydrogens (tertiary/aromatic N) is 4. The van der Waals surface area contributed by atoms with Crippen molar-refractivity contribution < 1.29 is 13.6 Å². The van der Waals surface area contributed by atoms with Gasteiger partial charge in [0.15, 0.2) is 0 Å². The maximum atomic E-state index is 14.6. The quantitative estimate of drug-likeness (QED) is 0.507. The Balaban J connectivity index is 1.70. The van der Waals surface area contributed by atoms with Crippen LogP contribution in [0.5, 0.6) is 0 Å². The maximum absolute atomic E-state index is 14.6. The van der Waals surface area contributed by atoms with Crippen LogP contribution in [0.4, 0.5) is 8.78 Å². The molecule has 4 rings (SSSR count). The molecule has 7 nitrogen and oxygen atoms in total. The van der Waals surface area contributed by atoms with E-state index in [1.54, 1.807) is 24.3 Å². The Labute approximate surface area is 164 Å². The minimum atomic E-state index is -1.02. The predicted molar refractivity (Wildman–Crippen MR) is 102 cm³/mol. The van der Waals surface area contributed by atoms with Crippen molar-refractivity contribution in [2.45, 2.75) is 12.7 Å². The van der Waals surface area contributed by atoms with Crippen molar-refractivity contribution >= 4 is 16.8 Å². The summed E-state index contributed by atoms with van der Waals surface area (Å²) in [6, 6.07) is 10.6. The third-order valence-electron chi connectivity index (χ3n) is 4.43. The van der Waals surface area contributed by atoms with Crippen LogP contribution in [0.3, 0.4) is 0 Å². The first-order valence-electron chi connectivity index (χ1n) is 8.74. The highest BCUT2D eigenvalue weighted by atomic mass is 19.1. The summed E-state index contributed by atoms with van der Waals surface area (Å²) in [7, 11) is 0. The molecule has 0 radical (unpaired) electrons. The third kappa shape index (κ3) is 3.67. The number of aromatic nitrogens is 4. The molecule has 9 heteroatoms. The molecular weight excluding hydrogens is 378 g/mol. The number of halogens is 2. The molecule has 1 unspecified atom stereocenters. The first-order chi connectivity index (χ1) is 14.0. The lowest BCUT2D eigenvalue weighted by atomic mass is 10.1. The number of carbonyl (C=O) groups excluding carboxylic acids is 1. The number of nitrogens with two attached hydrogens (primary N) is 1. The van der Waals surface area contributed by atoms with E-state index in [1.165, 1.54) is 41.6 Å². The van der Waals surface area contributed by atoms with Crippen LogP contribution < -0.4 is 11.1 Å². The van der Waals surface area contributed by atoms with Gasteiger partial charge in [0.1, 0.15) is 35.3 Å². The molecule has 1 amide bonds. The summed E-state index contributed by atoms with van der Waals surface area (Å²) in [6.07, 6.45) is 2.98. The van der Waals surface area contributed by atoms with Crippen LogP contribution in [-0.4, -0.2) is 25.7 Å². The van der Waals surface area contributed by atoms with Crippen molar-refractivity contribution in [2.75, 3.05) is 0 Å². The number of amides is 1. The predicted octanol–water partition coefficient (Wildman–Crippen LogP) is 2.54. The van der Waals surface area contributed by atoms with E-state index in [4.69, 9.17) is 5.73 Å². The number of hydrogen-bond acceptors (Lipinski definition) is 5. The van der Waals surface area contributed by atoms with Crippen molar-refractivity contribution in [2.24, 2.45) is 5.73 Å². The highest BCUT2D eigenvalue weighted by molar-refractivity contribution is 5.94. The van der Waals surface area contributed by atoms with Gasteiger partial charge in [0.05, 0.1) is 12.1 Å². The molecule has 0 spiro atoms. The van der Waals surface area contributed by atoms with Gasteiger partial charge in [-0.15, -0.1) is 0 Å². The van der Waals surface area contributed by atoms with Gasteiger partial charge in [-0.05, 0) is 12.1 Å². The zero-order valence-corrected chi connectivity index (χ0v) is 15.1. The summed E-state index contributed by atoms with van der Waals surface area (Å²) < 4.78 is 30.0. The van der Waals surface area contributed by atoms with Crippen LogP contribution in [0.25, 0.3) is 10.9 Å². The first-order valence-corrected chi connectivity index (χ1v) is 8.74. The van der Waals surface area contributed by atoms with Crippen LogP contribution in [0.15, 0.2) is 61.2 Å². The van der Waals surface area contributed by atoms with Crippen molar-refractivity contribution in [1.29, 1.82) is 0 Å². The molecule has 0 aliphatic rings. The van der Waals surface area contributed by atoms with Gasteiger partial charge in [-0.2, -0.15) is 5.10 Å². The summed E-state index contributed by atoms with van der Waals surface area (Å²) in [5, 5.41) is 7.40. The number of para-hydroxylation sites is 1. The van der Waals surface area contributed by atoms with Gasteiger partial charge in [0, 0.05) is 23.3 Å². The molecule has 0 aliphatic heterocycles. The fraction of sp³-hybridized carbons (Fsp3) is 0.100. The molecule has 0 bridgehead atoms. The Bertz CT molecular complexity index is 1180. The SMILES string of the molecule is NC(NC(=O)c1cncnc1)c1nn(Cc2ccccc2F)c2c(F)cccc12. The third-order valence-corrected chi connectivity index (χ3v) is 4.43. The number of nitrogens with one attached hydrogen (secondary N) is 1. The number of benzene rings is 2. The Morgan fingerprint density at radius 2 is 1.79 bits per heavy atom. The summed E-state index contributed by atoms with van der Waals surface area (Å²) in [5.41, 5.74) is 7.16. The van der Waals surface area contributed by atoms with Gasteiger partial charge in [-0.3, -0.25) is 9.48 Å². The van der Waals surface area contributed by atoms with Gasteiger partial charge >= 0.3 is 0 Å². The van der Waals surface area contributed by atoms with E-state index in [9.17, 15) is 13.6 Å². The Hall–Kier alpha value is -3.72. The standard InChI is InChI=1S/C20H16F2N6O/c21-15-6-2-1-4-12(15)10-28-18-14(5-3-7-16(18)22)17(27-28)19(23)26-20(29)13-8-24-11-25-9-13/h1-9,11,19H,10,23H2,(H,26,29). The minimum Gasteiger partial charge on any atom is -0.331 e. The lowest BCUT2D eigenvalue weighted by Gasteiger charge is -2.12.